The van der Waals surface area contributed by atoms with Crippen molar-refractivity contribution in [3.05, 3.63) is 16.1 Å². The van der Waals surface area contributed by atoms with E-state index in [9.17, 15) is 13.2 Å². The highest BCUT2D eigenvalue weighted by atomic mass is 127. The first-order valence-corrected chi connectivity index (χ1v) is 7.67. The molecule has 0 amide bonds. The Hall–Kier alpha value is -0.580. The van der Waals surface area contributed by atoms with Gasteiger partial charge in [0.15, 0.2) is 11.7 Å². The normalized spacial score (nSPS) is 12.2. The number of rotatable bonds is 6. The van der Waals surface area contributed by atoms with Gasteiger partial charge in [-0.25, -0.2) is 4.98 Å². The second-order valence-electron chi connectivity index (χ2n) is 5.01. The highest BCUT2D eigenvalue weighted by Gasteiger charge is 2.33. The quantitative estimate of drug-likeness (QED) is 0.300. The Morgan fingerprint density at radius 3 is 2.55 bits per heavy atom. The number of hydrogen-bond acceptors (Lipinski definition) is 3. The molecule has 4 nitrogen and oxygen atoms in total. The summed E-state index contributed by atoms with van der Waals surface area (Å²) in [6.07, 6.45) is -2.25. The van der Waals surface area contributed by atoms with Crippen LogP contribution in [0.2, 0.25) is 0 Å². The van der Waals surface area contributed by atoms with Crippen molar-refractivity contribution in [2.75, 3.05) is 13.6 Å². The van der Waals surface area contributed by atoms with Crippen LogP contribution in [0.3, 0.4) is 0 Å². The van der Waals surface area contributed by atoms with Crippen LogP contribution in [-0.4, -0.2) is 24.5 Å². The van der Waals surface area contributed by atoms with Gasteiger partial charge in [-0.1, -0.05) is 13.8 Å². The molecule has 9 heteroatoms. The summed E-state index contributed by atoms with van der Waals surface area (Å²) in [5.41, 5.74) is -0.843. The fraction of sp³-hybridized carbons (Fsp3) is 0.692. The average molecular weight is 450 g/mol. The zero-order valence-corrected chi connectivity index (χ0v) is 16.0. The first kappa shape index (κ1) is 21.4. The zero-order chi connectivity index (χ0) is 15.9. The van der Waals surface area contributed by atoms with Gasteiger partial charge in [0.25, 0.3) is 0 Å². The summed E-state index contributed by atoms with van der Waals surface area (Å²) in [4.78, 5) is 7.58. The SMILES string of the molecule is CN=C(NCCCC(C)C)NCc1nc(C(F)(F)F)cs1.I. The Balaban J connectivity index is 0.00000441. The summed E-state index contributed by atoms with van der Waals surface area (Å²) < 4.78 is 37.3. The third-order valence-electron chi connectivity index (χ3n) is 2.72. The summed E-state index contributed by atoms with van der Waals surface area (Å²) in [5, 5.41) is 7.49. The largest absolute Gasteiger partial charge is 0.434 e. The fourth-order valence-electron chi connectivity index (χ4n) is 1.62. The Kier molecular flexibility index (Phi) is 9.97. The van der Waals surface area contributed by atoms with E-state index in [0.717, 1.165) is 36.1 Å². The summed E-state index contributed by atoms with van der Waals surface area (Å²) in [5.74, 6) is 1.22. The minimum Gasteiger partial charge on any atom is -0.356 e. The Labute approximate surface area is 150 Å². The van der Waals surface area contributed by atoms with Crippen LogP contribution in [0, 0.1) is 5.92 Å². The van der Waals surface area contributed by atoms with E-state index < -0.39 is 11.9 Å². The maximum atomic E-state index is 12.4. The lowest BCUT2D eigenvalue weighted by Gasteiger charge is -2.11. The van der Waals surface area contributed by atoms with Crippen molar-refractivity contribution < 1.29 is 13.2 Å². The predicted molar refractivity (Wildman–Crippen MR) is 94.8 cm³/mol. The van der Waals surface area contributed by atoms with E-state index in [1.165, 1.54) is 0 Å². The number of aliphatic imine (C=N–C) groups is 1. The van der Waals surface area contributed by atoms with Gasteiger partial charge in [0, 0.05) is 19.0 Å². The molecule has 128 valence electrons. The summed E-state index contributed by atoms with van der Waals surface area (Å²) in [7, 11) is 1.63. The van der Waals surface area contributed by atoms with Crippen LogP contribution in [0.25, 0.3) is 0 Å². The van der Waals surface area contributed by atoms with E-state index in [2.05, 4.69) is 34.5 Å². The molecule has 0 aliphatic carbocycles. The molecule has 1 aromatic rings. The van der Waals surface area contributed by atoms with Gasteiger partial charge in [-0.15, -0.1) is 35.3 Å². The molecule has 0 spiro atoms. The van der Waals surface area contributed by atoms with Crippen LogP contribution < -0.4 is 10.6 Å². The van der Waals surface area contributed by atoms with E-state index in [1.807, 2.05) is 0 Å². The van der Waals surface area contributed by atoms with Crippen LogP contribution >= 0.6 is 35.3 Å². The van der Waals surface area contributed by atoms with Crippen LogP contribution in [0.1, 0.15) is 37.4 Å². The van der Waals surface area contributed by atoms with Gasteiger partial charge in [-0.05, 0) is 18.8 Å². The molecule has 0 atom stereocenters. The molecule has 22 heavy (non-hydrogen) atoms. The molecule has 2 N–H and O–H groups in total. The number of nitrogens with zero attached hydrogens (tertiary/aromatic N) is 2. The number of aromatic nitrogens is 1. The van der Waals surface area contributed by atoms with E-state index in [4.69, 9.17) is 0 Å². The lowest BCUT2D eigenvalue weighted by atomic mass is 10.1. The minimum absolute atomic E-state index is 0. The second kappa shape index (κ2) is 10.2. The van der Waals surface area contributed by atoms with Crippen LogP contribution in [0.4, 0.5) is 13.2 Å². The van der Waals surface area contributed by atoms with Crippen LogP contribution in [-0.2, 0) is 12.7 Å². The highest BCUT2D eigenvalue weighted by molar-refractivity contribution is 14.0. The molecule has 0 fully saturated rings. The predicted octanol–water partition coefficient (Wildman–Crippen LogP) is 3.88. The van der Waals surface area contributed by atoms with Gasteiger partial charge >= 0.3 is 6.18 Å². The van der Waals surface area contributed by atoms with Crippen LogP contribution in [0.5, 0.6) is 0 Å². The molecule has 0 aliphatic heterocycles. The average Bonchev–Trinajstić information content (AvgIpc) is 2.86. The van der Waals surface area contributed by atoms with E-state index >= 15 is 0 Å². The molecule has 0 aromatic carbocycles. The van der Waals surface area contributed by atoms with E-state index in [1.54, 1.807) is 7.05 Å². The van der Waals surface area contributed by atoms with Gasteiger partial charge in [-0.2, -0.15) is 13.2 Å². The molecule has 1 rings (SSSR count). The molecule has 0 bridgehead atoms. The van der Waals surface area contributed by atoms with E-state index in [0.29, 0.717) is 16.9 Å². The van der Waals surface area contributed by atoms with Crippen LogP contribution in [0.15, 0.2) is 10.4 Å². The van der Waals surface area contributed by atoms with Gasteiger partial charge in [-0.3, -0.25) is 4.99 Å². The van der Waals surface area contributed by atoms with E-state index in [-0.39, 0.29) is 30.5 Å². The second-order valence-corrected chi connectivity index (χ2v) is 5.96. The number of alkyl halides is 3. The topological polar surface area (TPSA) is 49.3 Å². The van der Waals surface area contributed by atoms with Crippen molar-refractivity contribution in [1.82, 2.24) is 15.6 Å². The summed E-state index contributed by atoms with van der Waals surface area (Å²) in [6.45, 7) is 5.33. The highest BCUT2D eigenvalue weighted by Crippen LogP contribution is 2.29. The molecular formula is C13H22F3IN4S. The van der Waals surface area contributed by atoms with Crippen molar-refractivity contribution in [1.29, 1.82) is 0 Å². The molecule has 1 heterocycles. The third-order valence-corrected chi connectivity index (χ3v) is 3.57. The van der Waals surface area contributed by atoms with Gasteiger partial charge in [0.2, 0.25) is 0 Å². The summed E-state index contributed by atoms with van der Waals surface area (Å²) in [6, 6.07) is 0. The Morgan fingerprint density at radius 1 is 1.36 bits per heavy atom. The maximum Gasteiger partial charge on any atom is 0.434 e. The number of guanidine groups is 1. The van der Waals surface area contributed by atoms with Crippen molar-refractivity contribution in [2.24, 2.45) is 10.9 Å². The molecular weight excluding hydrogens is 428 g/mol. The lowest BCUT2D eigenvalue weighted by Crippen LogP contribution is -2.37. The molecule has 0 saturated carbocycles. The monoisotopic (exact) mass is 450 g/mol. The van der Waals surface area contributed by atoms with Crippen molar-refractivity contribution in [3.63, 3.8) is 0 Å². The Bertz CT molecular complexity index is 460. The molecule has 0 saturated heterocycles. The van der Waals surface area contributed by atoms with Crippen molar-refractivity contribution in [3.8, 4) is 0 Å². The standard InChI is InChI=1S/C13H21F3N4S.HI/c1-9(2)5-4-6-18-12(17-3)19-7-11-20-10(8-21-11)13(14,15)16;/h8-9H,4-7H2,1-3H3,(H2,17,18,19);1H. The van der Waals surface area contributed by atoms with Gasteiger partial charge in [0.1, 0.15) is 5.01 Å². The molecule has 1 aromatic heterocycles. The van der Waals surface area contributed by atoms with Crippen molar-refractivity contribution in [2.45, 2.75) is 39.4 Å². The van der Waals surface area contributed by atoms with Gasteiger partial charge < -0.3 is 10.6 Å². The Morgan fingerprint density at radius 2 is 2.05 bits per heavy atom. The number of hydrogen-bond donors (Lipinski definition) is 2. The first-order chi connectivity index (χ1) is 9.82. The maximum absolute atomic E-state index is 12.4. The summed E-state index contributed by atoms with van der Waals surface area (Å²) >= 11 is 0.985. The number of halogens is 4. The smallest absolute Gasteiger partial charge is 0.356 e. The lowest BCUT2D eigenvalue weighted by molar-refractivity contribution is -0.140. The molecule has 0 radical (unpaired) electrons. The zero-order valence-electron chi connectivity index (χ0n) is 12.8. The van der Waals surface area contributed by atoms with Gasteiger partial charge in [0.05, 0.1) is 6.54 Å². The molecule has 0 aliphatic rings. The number of nitrogens with one attached hydrogen (secondary N) is 2. The minimum atomic E-state index is -4.38. The first-order valence-electron chi connectivity index (χ1n) is 6.79. The van der Waals surface area contributed by atoms with Crippen molar-refractivity contribution >= 4 is 41.3 Å². The number of thiazole rings is 1. The third kappa shape index (κ3) is 8.16. The fourth-order valence-corrected chi connectivity index (χ4v) is 2.36. The molecule has 0 unspecified atom stereocenters.